The van der Waals surface area contributed by atoms with Gasteiger partial charge in [-0.25, -0.2) is 0 Å². The molecular weight excluding hydrogens is 378 g/mol. The number of carbonyl (C=O) groups excluding carboxylic acids is 1. The van der Waals surface area contributed by atoms with E-state index in [2.05, 4.69) is 21.4 Å². The number of amides is 1. The van der Waals surface area contributed by atoms with Gasteiger partial charge in [0.05, 0.1) is 11.6 Å². The normalized spacial score (nSPS) is 21.0. The van der Waals surface area contributed by atoms with E-state index in [1.165, 1.54) is 0 Å². The first-order valence-electron chi connectivity index (χ1n) is 10.2. The molecule has 7 heteroatoms. The van der Waals surface area contributed by atoms with Gasteiger partial charge in [0.15, 0.2) is 0 Å². The second-order valence-corrected chi connectivity index (χ2v) is 7.84. The molecule has 2 aromatic carbocycles. The molecule has 0 radical (unpaired) electrons. The maximum atomic E-state index is 13.2. The molecule has 2 atom stereocenters. The number of hydrogen-bond acceptors (Lipinski definition) is 5. The van der Waals surface area contributed by atoms with Crippen molar-refractivity contribution in [1.29, 1.82) is 5.26 Å². The summed E-state index contributed by atoms with van der Waals surface area (Å²) < 4.78 is 0. The van der Waals surface area contributed by atoms with Crippen LogP contribution in [0.25, 0.3) is 10.8 Å². The predicted molar refractivity (Wildman–Crippen MR) is 114 cm³/mol. The minimum absolute atomic E-state index is 0.258. The van der Waals surface area contributed by atoms with Crippen molar-refractivity contribution in [3.63, 3.8) is 0 Å². The first kappa shape index (κ1) is 18.4. The fourth-order valence-corrected chi connectivity index (χ4v) is 4.61. The van der Waals surface area contributed by atoms with Crippen LogP contribution < -0.4 is 15.8 Å². The summed E-state index contributed by atoms with van der Waals surface area (Å²) in [5.74, 6) is -1.38. The van der Waals surface area contributed by atoms with Crippen LogP contribution in [0.3, 0.4) is 0 Å². The number of H-pyrrole nitrogens is 1. The number of anilines is 2. The third-order valence-electron chi connectivity index (χ3n) is 6.06. The quantitative estimate of drug-likeness (QED) is 0.689. The van der Waals surface area contributed by atoms with Crippen molar-refractivity contribution in [3.8, 4) is 6.07 Å². The number of benzene rings is 2. The van der Waals surface area contributed by atoms with Gasteiger partial charge in [0.1, 0.15) is 11.7 Å². The molecule has 150 valence electrons. The molecule has 1 fully saturated rings. The molecule has 0 saturated carbocycles. The SMILES string of the molecule is N#C[C@H]1C(=O)Nc2nc(N3CCCCC3)[nH]c(=O)c2[C@H]1c1cccc2ccccc12. The van der Waals surface area contributed by atoms with Gasteiger partial charge in [-0.1, -0.05) is 42.5 Å². The molecule has 1 amide bonds. The lowest BCUT2D eigenvalue weighted by Crippen LogP contribution is -2.40. The lowest BCUT2D eigenvalue weighted by Gasteiger charge is -2.31. The van der Waals surface area contributed by atoms with Crippen LogP contribution in [-0.2, 0) is 4.79 Å². The summed E-state index contributed by atoms with van der Waals surface area (Å²) in [6.45, 7) is 1.65. The second kappa shape index (κ2) is 7.30. The average Bonchev–Trinajstić information content (AvgIpc) is 2.78. The van der Waals surface area contributed by atoms with E-state index in [4.69, 9.17) is 0 Å². The van der Waals surface area contributed by atoms with E-state index in [-0.39, 0.29) is 11.4 Å². The molecule has 0 spiro atoms. The number of nitriles is 1. The summed E-state index contributed by atoms with van der Waals surface area (Å²) in [4.78, 5) is 35.6. The van der Waals surface area contributed by atoms with Crippen molar-refractivity contribution in [3.05, 3.63) is 63.9 Å². The number of rotatable bonds is 2. The van der Waals surface area contributed by atoms with Crippen LogP contribution in [0.5, 0.6) is 0 Å². The molecule has 30 heavy (non-hydrogen) atoms. The van der Waals surface area contributed by atoms with Crippen molar-refractivity contribution in [2.45, 2.75) is 25.2 Å². The molecule has 3 heterocycles. The average molecular weight is 399 g/mol. The highest BCUT2D eigenvalue weighted by atomic mass is 16.2. The minimum atomic E-state index is -1.01. The van der Waals surface area contributed by atoms with Crippen LogP contribution >= 0.6 is 0 Å². The highest BCUT2D eigenvalue weighted by Crippen LogP contribution is 2.40. The molecule has 1 aromatic heterocycles. The topological polar surface area (TPSA) is 102 Å². The van der Waals surface area contributed by atoms with Gasteiger partial charge in [0, 0.05) is 19.0 Å². The van der Waals surface area contributed by atoms with E-state index in [0.717, 1.165) is 48.7 Å². The van der Waals surface area contributed by atoms with Crippen LogP contribution in [0, 0.1) is 17.2 Å². The van der Waals surface area contributed by atoms with E-state index < -0.39 is 17.7 Å². The Hall–Kier alpha value is -3.66. The number of hydrogen-bond donors (Lipinski definition) is 2. The third kappa shape index (κ3) is 2.92. The van der Waals surface area contributed by atoms with E-state index >= 15 is 0 Å². The fraction of sp³-hybridized carbons (Fsp3) is 0.304. The summed E-state index contributed by atoms with van der Waals surface area (Å²) in [6, 6.07) is 15.7. The van der Waals surface area contributed by atoms with Gasteiger partial charge < -0.3 is 10.2 Å². The number of nitrogens with zero attached hydrogens (tertiary/aromatic N) is 3. The van der Waals surface area contributed by atoms with Crippen molar-refractivity contribution in [1.82, 2.24) is 9.97 Å². The highest BCUT2D eigenvalue weighted by molar-refractivity contribution is 5.99. The molecule has 2 N–H and O–H groups in total. The summed E-state index contributed by atoms with van der Waals surface area (Å²) in [5.41, 5.74) is 0.825. The number of nitrogens with one attached hydrogen (secondary N) is 2. The Labute approximate surface area is 173 Å². The molecule has 0 aliphatic carbocycles. The monoisotopic (exact) mass is 399 g/mol. The third-order valence-corrected chi connectivity index (χ3v) is 6.06. The molecule has 2 aliphatic rings. The number of aromatic amines is 1. The van der Waals surface area contributed by atoms with Gasteiger partial charge in [-0.3, -0.25) is 14.6 Å². The second-order valence-electron chi connectivity index (χ2n) is 7.84. The molecule has 2 aliphatic heterocycles. The smallest absolute Gasteiger partial charge is 0.258 e. The van der Waals surface area contributed by atoms with E-state index in [1.807, 2.05) is 47.4 Å². The Balaban J connectivity index is 1.71. The molecular formula is C23H21N5O2. The van der Waals surface area contributed by atoms with Crippen molar-refractivity contribution < 1.29 is 4.79 Å². The first-order valence-corrected chi connectivity index (χ1v) is 10.2. The maximum Gasteiger partial charge on any atom is 0.258 e. The predicted octanol–water partition coefficient (Wildman–Crippen LogP) is 3.14. The number of fused-ring (bicyclic) bond motifs is 2. The molecule has 7 nitrogen and oxygen atoms in total. The number of piperidine rings is 1. The standard InChI is InChI=1S/C23H21N5O2/c24-13-17-18(16-10-6-8-14-7-2-3-9-15(14)16)19-20(25-21(17)29)26-23(27-22(19)30)28-11-4-1-5-12-28/h2-3,6-10,17-18H,1,4-5,11-12H2,(H2,25,26,27,29,30)/t17-,18+/m1/s1. The van der Waals surface area contributed by atoms with Gasteiger partial charge in [-0.15, -0.1) is 0 Å². The minimum Gasteiger partial charge on any atom is -0.342 e. The largest absolute Gasteiger partial charge is 0.342 e. The number of carbonyl (C=O) groups is 1. The van der Waals surface area contributed by atoms with Gasteiger partial charge >= 0.3 is 0 Å². The zero-order valence-corrected chi connectivity index (χ0v) is 16.4. The lowest BCUT2D eigenvalue weighted by atomic mass is 9.77. The Bertz CT molecular complexity index is 1230. The summed E-state index contributed by atoms with van der Waals surface area (Å²) in [5, 5.41) is 14.4. The van der Waals surface area contributed by atoms with Crippen LogP contribution in [0.4, 0.5) is 11.8 Å². The van der Waals surface area contributed by atoms with Crippen molar-refractivity contribution in [2.75, 3.05) is 23.3 Å². The van der Waals surface area contributed by atoms with E-state index in [0.29, 0.717) is 11.5 Å². The van der Waals surface area contributed by atoms with Gasteiger partial charge in [0.25, 0.3) is 5.56 Å². The van der Waals surface area contributed by atoms with Crippen LogP contribution in [0.1, 0.15) is 36.3 Å². The molecule has 0 bridgehead atoms. The first-order chi connectivity index (χ1) is 14.7. The summed E-state index contributed by atoms with van der Waals surface area (Å²) in [7, 11) is 0. The van der Waals surface area contributed by atoms with E-state index in [9.17, 15) is 14.9 Å². The Kier molecular flexibility index (Phi) is 4.47. The molecule has 0 unspecified atom stereocenters. The molecule has 5 rings (SSSR count). The van der Waals surface area contributed by atoms with Crippen LogP contribution in [0.2, 0.25) is 0 Å². The van der Waals surface area contributed by atoms with Crippen molar-refractivity contribution in [2.24, 2.45) is 5.92 Å². The van der Waals surface area contributed by atoms with E-state index in [1.54, 1.807) is 0 Å². The Morgan fingerprint density at radius 3 is 2.60 bits per heavy atom. The maximum absolute atomic E-state index is 13.2. The highest BCUT2D eigenvalue weighted by Gasteiger charge is 2.41. The summed E-state index contributed by atoms with van der Waals surface area (Å²) in [6.07, 6.45) is 3.25. The zero-order valence-electron chi connectivity index (χ0n) is 16.4. The Morgan fingerprint density at radius 2 is 1.80 bits per heavy atom. The summed E-state index contributed by atoms with van der Waals surface area (Å²) >= 11 is 0. The van der Waals surface area contributed by atoms with Gasteiger partial charge in [0.2, 0.25) is 11.9 Å². The zero-order chi connectivity index (χ0) is 20.7. The Morgan fingerprint density at radius 1 is 1.03 bits per heavy atom. The fourth-order valence-electron chi connectivity index (χ4n) is 4.61. The van der Waals surface area contributed by atoms with Crippen LogP contribution in [-0.4, -0.2) is 29.0 Å². The molecule has 3 aromatic rings. The van der Waals surface area contributed by atoms with Crippen molar-refractivity contribution >= 4 is 28.4 Å². The lowest BCUT2D eigenvalue weighted by molar-refractivity contribution is -0.119. The molecule has 1 saturated heterocycles. The van der Waals surface area contributed by atoms with Gasteiger partial charge in [-0.2, -0.15) is 10.2 Å². The van der Waals surface area contributed by atoms with Gasteiger partial charge in [-0.05, 0) is 35.6 Å². The van der Waals surface area contributed by atoms with Crippen LogP contribution in [0.15, 0.2) is 47.3 Å². The number of aromatic nitrogens is 2.